The number of amides is 2. The molecule has 2 N–H and O–H groups in total. The number of hydrogen-bond donors (Lipinski definition) is 2. The zero-order chi connectivity index (χ0) is 22.1. The number of nitro benzene ring substituents is 1. The summed E-state index contributed by atoms with van der Waals surface area (Å²) in [5.74, 6) is -1.34. The van der Waals surface area contributed by atoms with Gasteiger partial charge in [-0.2, -0.15) is 0 Å². The standard InChI is InChI=1S/C19H21N3O6S2/c23-16(20-10-3-1-2-4-17(24)25)9-11-21-18(26)15(30-19(21)29)12-13-5-7-14(8-6-13)22(27)28/h5-8,12H,1-4,9-11H2,(H,20,23)(H,24,25)/b15-12-. The summed E-state index contributed by atoms with van der Waals surface area (Å²) < 4.78 is 0.356. The van der Waals surface area contributed by atoms with Gasteiger partial charge in [0.15, 0.2) is 0 Å². The number of carbonyl (C=O) groups is 3. The Bertz CT molecular complexity index is 870. The lowest BCUT2D eigenvalue weighted by Gasteiger charge is -2.14. The fraction of sp³-hybridized carbons (Fsp3) is 0.368. The molecule has 160 valence electrons. The summed E-state index contributed by atoms with van der Waals surface area (Å²) >= 11 is 6.36. The number of rotatable bonds is 11. The zero-order valence-electron chi connectivity index (χ0n) is 16.0. The van der Waals surface area contributed by atoms with E-state index in [1.807, 2.05) is 0 Å². The van der Waals surface area contributed by atoms with Crippen molar-refractivity contribution in [3.63, 3.8) is 0 Å². The summed E-state index contributed by atoms with van der Waals surface area (Å²) in [6.45, 7) is 0.615. The molecule has 0 aromatic heterocycles. The fourth-order valence-electron chi connectivity index (χ4n) is 2.64. The number of non-ortho nitro benzene ring substituents is 1. The van der Waals surface area contributed by atoms with Crippen molar-refractivity contribution in [1.82, 2.24) is 10.2 Å². The van der Waals surface area contributed by atoms with Crippen LogP contribution < -0.4 is 5.32 Å². The van der Waals surface area contributed by atoms with Crippen LogP contribution in [0, 0.1) is 10.1 Å². The Morgan fingerprint density at radius 3 is 2.53 bits per heavy atom. The molecule has 11 heteroatoms. The third-order valence-corrected chi connectivity index (χ3v) is 5.61. The van der Waals surface area contributed by atoms with Gasteiger partial charge in [0.2, 0.25) is 5.91 Å². The van der Waals surface area contributed by atoms with Crippen LogP contribution in [-0.4, -0.2) is 50.1 Å². The van der Waals surface area contributed by atoms with Crippen LogP contribution in [0.1, 0.15) is 37.7 Å². The number of unbranched alkanes of at least 4 members (excludes halogenated alkanes) is 2. The van der Waals surface area contributed by atoms with E-state index in [-0.39, 0.29) is 36.9 Å². The van der Waals surface area contributed by atoms with Crippen molar-refractivity contribution in [3.05, 3.63) is 44.8 Å². The molecule has 30 heavy (non-hydrogen) atoms. The van der Waals surface area contributed by atoms with E-state index in [2.05, 4.69) is 5.32 Å². The van der Waals surface area contributed by atoms with Crippen molar-refractivity contribution in [2.24, 2.45) is 0 Å². The fourth-order valence-corrected chi connectivity index (χ4v) is 3.95. The number of thiocarbonyl (C=S) groups is 1. The normalized spacial score (nSPS) is 14.9. The number of thioether (sulfide) groups is 1. The van der Waals surface area contributed by atoms with Crippen molar-refractivity contribution in [2.45, 2.75) is 32.1 Å². The highest BCUT2D eigenvalue weighted by Gasteiger charge is 2.32. The summed E-state index contributed by atoms with van der Waals surface area (Å²) in [7, 11) is 0. The molecule has 2 rings (SSSR count). The summed E-state index contributed by atoms with van der Waals surface area (Å²) in [4.78, 5) is 46.9. The van der Waals surface area contributed by atoms with Gasteiger partial charge in [-0.15, -0.1) is 0 Å². The number of carbonyl (C=O) groups excluding carboxylic acids is 2. The molecule has 1 heterocycles. The first-order valence-electron chi connectivity index (χ1n) is 9.26. The van der Waals surface area contributed by atoms with E-state index in [9.17, 15) is 24.5 Å². The van der Waals surface area contributed by atoms with Gasteiger partial charge in [0, 0.05) is 38.1 Å². The van der Waals surface area contributed by atoms with Crippen molar-refractivity contribution < 1.29 is 24.4 Å². The van der Waals surface area contributed by atoms with E-state index in [0.29, 0.717) is 40.6 Å². The predicted molar refractivity (Wildman–Crippen MR) is 117 cm³/mol. The van der Waals surface area contributed by atoms with Gasteiger partial charge in [-0.1, -0.05) is 30.4 Å². The minimum absolute atomic E-state index is 0.0346. The van der Waals surface area contributed by atoms with E-state index in [4.69, 9.17) is 17.3 Å². The van der Waals surface area contributed by atoms with Crippen LogP contribution in [0.4, 0.5) is 5.69 Å². The number of aliphatic carboxylic acids is 1. The molecule has 0 atom stereocenters. The Kier molecular flexibility index (Phi) is 8.93. The highest BCUT2D eigenvalue weighted by molar-refractivity contribution is 8.26. The molecule has 1 aliphatic rings. The molecule has 1 saturated heterocycles. The van der Waals surface area contributed by atoms with Crippen LogP contribution in [0.25, 0.3) is 6.08 Å². The second-order valence-corrected chi connectivity index (χ2v) is 8.16. The molecule has 1 fully saturated rings. The van der Waals surface area contributed by atoms with E-state index in [1.54, 1.807) is 18.2 Å². The number of carboxylic acids is 1. The minimum Gasteiger partial charge on any atom is -0.481 e. The summed E-state index contributed by atoms with van der Waals surface area (Å²) in [5.41, 5.74) is 0.606. The Balaban J connectivity index is 1.79. The predicted octanol–water partition coefficient (Wildman–Crippen LogP) is 2.95. The van der Waals surface area contributed by atoms with Gasteiger partial charge in [0.1, 0.15) is 4.32 Å². The monoisotopic (exact) mass is 451 g/mol. The van der Waals surface area contributed by atoms with E-state index < -0.39 is 10.9 Å². The number of hydrogen-bond acceptors (Lipinski definition) is 7. The first-order valence-corrected chi connectivity index (χ1v) is 10.5. The largest absolute Gasteiger partial charge is 0.481 e. The molecule has 1 aromatic rings. The number of nitrogens with one attached hydrogen (secondary N) is 1. The summed E-state index contributed by atoms with van der Waals surface area (Å²) in [6, 6.07) is 5.82. The molecular formula is C19H21N3O6S2. The molecule has 1 aliphatic heterocycles. The Morgan fingerprint density at radius 2 is 1.90 bits per heavy atom. The number of nitro groups is 1. The lowest BCUT2D eigenvalue weighted by Crippen LogP contribution is -2.33. The first-order chi connectivity index (χ1) is 14.3. The molecular weight excluding hydrogens is 430 g/mol. The van der Waals surface area contributed by atoms with Crippen molar-refractivity contribution in [1.29, 1.82) is 0 Å². The molecule has 0 saturated carbocycles. The molecule has 0 aliphatic carbocycles. The second-order valence-electron chi connectivity index (χ2n) is 6.49. The van der Waals surface area contributed by atoms with Gasteiger partial charge in [0.25, 0.3) is 11.6 Å². The molecule has 0 unspecified atom stereocenters. The Morgan fingerprint density at radius 1 is 1.20 bits per heavy atom. The quantitative estimate of drug-likeness (QED) is 0.173. The third-order valence-electron chi connectivity index (χ3n) is 4.23. The van der Waals surface area contributed by atoms with E-state index >= 15 is 0 Å². The number of carboxylic acid groups (broad SMARTS) is 1. The highest BCUT2D eigenvalue weighted by Crippen LogP contribution is 2.32. The van der Waals surface area contributed by atoms with Crippen LogP contribution in [-0.2, 0) is 14.4 Å². The SMILES string of the molecule is O=C(O)CCCCCNC(=O)CCN1C(=O)/C(=C/c2ccc([N+](=O)[O-])cc2)SC1=S. The van der Waals surface area contributed by atoms with Crippen LogP contribution in [0.5, 0.6) is 0 Å². The van der Waals surface area contributed by atoms with Crippen molar-refractivity contribution in [3.8, 4) is 0 Å². The minimum atomic E-state index is -0.829. The molecule has 9 nitrogen and oxygen atoms in total. The third kappa shape index (κ3) is 7.23. The molecule has 1 aromatic carbocycles. The lowest BCUT2D eigenvalue weighted by molar-refractivity contribution is -0.384. The topological polar surface area (TPSA) is 130 Å². The Hall–Kier alpha value is -2.79. The molecule has 0 spiro atoms. The van der Waals surface area contributed by atoms with Crippen molar-refractivity contribution >= 4 is 57.8 Å². The maximum Gasteiger partial charge on any atom is 0.303 e. The van der Waals surface area contributed by atoms with Crippen LogP contribution in [0.3, 0.4) is 0 Å². The van der Waals surface area contributed by atoms with Gasteiger partial charge >= 0.3 is 5.97 Å². The first kappa shape index (κ1) is 23.5. The maximum atomic E-state index is 12.6. The highest BCUT2D eigenvalue weighted by atomic mass is 32.2. The maximum absolute atomic E-state index is 12.6. The van der Waals surface area contributed by atoms with Gasteiger partial charge in [0.05, 0.1) is 9.83 Å². The second kappa shape index (κ2) is 11.4. The summed E-state index contributed by atoms with van der Waals surface area (Å²) in [6.07, 6.45) is 3.82. The van der Waals surface area contributed by atoms with E-state index in [1.165, 1.54) is 17.0 Å². The lowest BCUT2D eigenvalue weighted by atomic mass is 10.2. The van der Waals surface area contributed by atoms with Crippen LogP contribution >= 0.6 is 24.0 Å². The zero-order valence-corrected chi connectivity index (χ0v) is 17.7. The average molecular weight is 452 g/mol. The smallest absolute Gasteiger partial charge is 0.303 e. The molecule has 0 radical (unpaired) electrons. The average Bonchev–Trinajstić information content (AvgIpc) is 2.96. The molecule has 0 bridgehead atoms. The van der Waals surface area contributed by atoms with Gasteiger partial charge in [-0.25, -0.2) is 0 Å². The number of nitrogens with zero attached hydrogens (tertiary/aromatic N) is 2. The number of benzene rings is 1. The summed E-state index contributed by atoms with van der Waals surface area (Å²) in [5, 5.41) is 22.0. The van der Waals surface area contributed by atoms with Crippen LogP contribution in [0.2, 0.25) is 0 Å². The molecule has 2 amide bonds. The van der Waals surface area contributed by atoms with Gasteiger partial charge < -0.3 is 10.4 Å². The van der Waals surface area contributed by atoms with Gasteiger partial charge in [-0.05, 0) is 36.6 Å². The van der Waals surface area contributed by atoms with Crippen molar-refractivity contribution in [2.75, 3.05) is 13.1 Å². The van der Waals surface area contributed by atoms with Gasteiger partial charge in [-0.3, -0.25) is 29.4 Å². The van der Waals surface area contributed by atoms with E-state index in [0.717, 1.165) is 11.8 Å². The Labute approximate surface area is 182 Å². The van der Waals surface area contributed by atoms with Crippen LogP contribution in [0.15, 0.2) is 29.2 Å².